The summed E-state index contributed by atoms with van der Waals surface area (Å²) in [7, 11) is 0. The highest BCUT2D eigenvalue weighted by Gasteiger charge is 2.07. The number of phenolic OH excluding ortho intramolecular Hbond substituents is 1. The van der Waals surface area contributed by atoms with Gasteiger partial charge in [-0.1, -0.05) is 87.9 Å². The normalized spacial score (nSPS) is 11.0. The molecule has 0 aromatic heterocycles. The number of halogens is 2. The Balaban J connectivity index is 2.07. The summed E-state index contributed by atoms with van der Waals surface area (Å²) < 4.78 is 0. The number of aromatic hydroxyl groups is 1. The van der Waals surface area contributed by atoms with Crippen LogP contribution in [0.25, 0.3) is 0 Å². The SMILES string of the molecule is CCCCCCCCCCCCc1cc(O)cc(Cl)c1Cl. The fourth-order valence-corrected chi connectivity index (χ4v) is 3.05. The fourth-order valence-electron chi connectivity index (χ4n) is 2.61. The number of hydrogen-bond donors (Lipinski definition) is 1. The standard InChI is InChI=1S/C18H28Cl2O/c1-2-3-4-5-6-7-8-9-10-11-12-15-13-16(21)14-17(19)18(15)20/h13-14,21H,2-12H2,1H3. The smallest absolute Gasteiger partial charge is 0.117 e. The van der Waals surface area contributed by atoms with Gasteiger partial charge in [-0.15, -0.1) is 0 Å². The Morgan fingerprint density at radius 1 is 0.810 bits per heavy atom. The third-order valence-electron chi connectivity index (χ3n) is 3.89. The molecule has 0 aliphatic carbocycles. The molecule has 0 aliphatic heterocycles. The van der Waals surface area contributed by atoms with Gasteiger partial charge >= 0.3 is 0 Å². The van der Waals surface area contributed by atoms with Crippen LogP contribution in [-0.4, -0.2) is 5.11 Å². The second-order valence-electron chi connectivity index (χ2n) is 5.83. The van der Waals surface area contributed by atoms with Crippen LogP contribution in [0.2, 0.25) is 10.0 Å². The van der Waals surface area contributed by atoms with E-state index >= 15 is 0 Å². The van der Waals surface area contributed by atoms with Gasteiger partial charge in [0.05, 0.1) is 10.0 Å². The molecule has 0 unspecified atom stereocenters. The van der Waals surface area contributed by atoms with Crippen LogP contribution < -0.4 is 0 Å². The maximum absolute atomic E-state index is 9.54. The third-order valence-corrected chi connectivity index (χ3v) is 4.73. The van der Waals surface area contributed by atoms with Gasteiger partial charge in [-0.05, 0) is 24.5 Å². The van der Waals surface area contributed by atoms with Gasteiger partial charge in [-0.3, -0.25) is 0 Å². The van der Waals surface area contributed by atoms with Gasteiger partial charge in [0, 0.05) is 6.07 Å². The van der Waals surface area contributed by atoms with E-state index < -0.39 is 0 Å². The molecular formula is C18H28Cl2O. The van der Waals surface area contributed by atoms with Crippen molar-refractivity contribution < 1.29 is 5.11 Å². The van der Waals surface area contributed by atoms with Gasteiger partial charge < -0.3 is 5.11 Å². The molecule has 1 aromatic rings. The highest BCUT2D eigenvalue weighted by atomic mass is 35.5. The van der Waals surface area contributed by atoms with Gasteiger partial charge in [-0.2, -0.15) is 0 Å². The first-order valence-corrected chi connectivity index (χ1v) is 9.07. The van der Waals surface area contributed by atoms with Crippen LogP contribution in [-0.2, 0) is 6.42 Å². The summed E-state index contributed by atoms with van der Waals surface area (Å²) in [5.74, 6) is 0.200. The Labute approximate surface area is 139 Å². The van der Waals surface area contributed by atoms with Crippen LogP contribution in [0.4, 0.5) is 0 Å². The van der Waals surface area contributed by atoms with Crippen molar-refractivity contribution >= 4 is 23.2 Å². The summed E-state index contributed by atoms with van der Waals surface area (Å²) in [5, 5.41) is 10.6. The van der Waals surface area contributed by atoms with E-state index in [0.717, 1.165) is 18.4 Å². The molecule has 1 aromatic carbocycles. The lowest BCUT2D eigenvalue weighted by atomic mass is 10.0. The number of aryl methyl sites for hydroxylation is 1. The topological polar surface area (TPSA) is 20.2 Å². The second-order valence-corrected chi connectivity index (χ2v) is 6.62. The maximum Gasteiger partial charge on any atom is 0.117 e. The maximum atomic E-state index is 9.54. The van der Waals surface area contributed by atoms with E-state index in [4.69, 9.17) is 23.2 Å². The van der Waals surface area contributed by atoms with Crippen molar-refractivity contribution in [3.05, 3.63) is 27.7 Å². The van der Waals surface area contributed by atoms with E-state index in [1.54, 1.807) is 6.07 Å². The Hall–Kier alpha value is -0.400. The molecule has 0 aliphatic rings. The van der Waals surface area contributed by atoms with E-state index in [1.165, 1.54) is 63.9 Å². The highest BCUT2D eigenvalue weighted by Crippen LogP contribution is 2.31. The van der Waals surface area contributed by atoms with Gasteiger partial charge in [0.25, 0.3) is 0 Å². The van der Waals surface area contributed by atoms with E-state index in [2.05, 4.69) is 6.92 Å². The summed E-state index contributed by atoms with van der Waals surface area (Å²) in [5.41, 5.74) is 0.959. The van der Waals surface area contributed by atoms with Crippen LogP contribution in [0.5, 0.6) is 5.75 Å². The van der Waals surface area contributed by atoms with E-state index in [1.807, 2.05) is 0 Å². The molecule has 0 atom stereocenters. The average molecular weight is 331 g/mol. The van der Waals surface area contributed by atoms with Crippen molar-refractivity contribution in [1.29, 1.82) is 0 Å². The lowest BCUT2D eigenvalue weighted by molar-refractivity contribution is 0.474. The minimum absolute atomic E-state index is 0.200. The molecule has 120 valence electrons. The summed E-state index contributed by atoms with van der Waals surface area (Å²) in [6, 6.07) is 3.22. The Morgan fingerprint density at radius 3 is 1.90 bits per heavy atom. The zero-order chi connectivity index (χ0) is 15.5. The molecule has 0 bridgehead atoms. The number of phenols is 1. The predicted molar refractivity (Wildman–Crippen MR) is 93.7 cm³/mol. The van der Waals surface area contributed by atoms with Crippen LogP contribution in [0.3, 0.4) is 0 Å². The van der Waals surface area contributed by atoms with Crippen molar-refractivity contribution in [1.82, 2.24) is 0 Å². The van der Waals surface area contributed by atoms with E-state index in [0.29, 0.717) is 10.0 Å². The molecular weight excluding hydrogens is 303 g/mol. The van der Waals surface area contributed by atoms with Crippen molar-refractivity contribution in [3.8, 4) is 5.75 Å². The largest absolute Gasteiger partial charge is 0.508 e. The summed E-state index contributed by atoms with van der Waals surface area (Å²) in [4.78, 5) is 0. The molecule has 1 rings (SSSR count). The minimum Gasteiger partial charge on any atom is -0.508 e. The summed E-state index contributed by atoms with van der Waals surface area (Å²) in [6.45, 7) is 2.26. The number of unbranched alkanes of at least 4 members (excludes halogenated alkanes) is 9. The number of hydrogen-bond acceptors (Lipinski definition) is 1. The molecule has 0 spiro atoms. The molecule has 1 N–H and O–H groups in total. The quantitative estimate of drug-likeness (QED) is 0.426. The molecule has 0 fully saturated rings. The molecule has 0 heterocycles. The third kappa shape index (κ3) is 7.97. The Bertz CT molecular complexity index is 404. The van der Waals surface area contributed by atoms with Gasteiger partial charge in [0.1, 0.15) is 5.75 Å². The molecule has 0 saturated carbocycles. The molecule has 0 radical (unpaired) electrons. The molecule has 3 heteroatoms. The van der Waals surface area contributed by atoms with Crippen LogP contribution in [0.1, 0.15) is 76.7 Å². The van der Waals surface area contributed by atoms with Crippen molar-refractivity contribution in [2.24, 2.45) is 0 Å². The van der Waals surface area contributed by atoms with Crippen LogP contribution in [0.15, 0.2) is 12.1 Å². The molecule has 1 nitrogen and oxygen atoms in total. The zero-order valence-electron chi connectivity index (χ0n) is 13.1. The predicted octanol–water partition coefficient (Wildman–Crippen LogP) is 7.16. The van der Waals surface area contributed by atoms with Crippen LogP contribution >= 0.6 is 23.2 Å². The lowest BCUT2D eigenvalue weighted by Gasteiger charge is -2.07. The van der Waals surface area contributed by atoms with Crippen LogP contribution in [0, 0.1) is 0 Å². The number of rotatable bonds is 11. The Morgan fingerprint density at radius 2 is 1.33 bits per heavy atom. The van der Waals surface area contributed by atoms with Crippen molar-refractivity contribution in [3.63, 3.8) is 0 Å². The van der Waals surface area contributed by atoms with E-state index in [-0.39, 0.29) is 5.75 Å². The average Bonchev–Trinajstić information content (AvgIpc) is 2.45. The Kier molecular flexibility index (Phi) is 9.95. The summed E-state index contributed by atoms with van der Waals surface area (Å²) in [6.07, 6.45) is 14.1. The lowest BCUT2D eigenvalue weighted by Crippen LogP contribution is -1.89. The highest BCUT2D eigenvalue weighted by molar-refractivity contribution is 6.42. The zero-order valence-corrected chi connectivity index (χ0v) is 14.6. The molecule has 21 heavy (non-hydrogen) atoms. The first kappa shape index (κ1) is 18.6. The second kappa shape index (κ2) is 11.2. The fraction of sp³-hybridized carbons (Fsp3) is 0.667. The van der Waals surface area contributed by atoms with Crippen molar-refractivity contribution in [2.75, 3.05) is 0 Å². The molecule has 0 saturated heterocycles. The van der Waals surface area contributed by atoms with Gasteiger partial charge in [-0.25, -0.2) is 0 Å². The minimum atomic E-state index is 0.200. The van der Waals surface area contributed by atoms with Crippen molar-refractivity contribution in [2.45, 2.75) is 77.6 Å². The first-order chi connectivity index (χ1) is 10.1. The van der Waals surface area contributed by atoms with E-state index in [9.17, 15) is 5.11 Å². The first-order valence-electron chi connectivity index (χ1n) is 8.32. The number of benzene rings is 1. The monoisotopic (exact) mass is 330 g/mol. The van der Waals surface area contributed by atoms with Gasteiger partial charge in [0.15, 0.2) is 0 Å². The van der Waals surface area contributed by atoms with Gasteiger partial charge in [0.2, 0.25) is 0 Å². The molecule has 0 amide bonds. The summed E-state index contributed by atoms with van der Waals surface area (Å²) >= 11 is 12.1.